The van der Waals surface area contributed by atoms with Crippen molar-refractivity contribution in [1.82, 2.24) is 10.0 Å². The van der Waals surface area contributed by atoms with Gasteiger partial charge in [-0.25, -0.2) is 4.79 Å². The second-order valence-corrected chi connectivity index (χ2v) is 7.67. The topological polar surface area (TPSA) is 26.8 Å². The van der Waals surface area contributed by atoms with Crippen molar-refractivity contribution in [3.05, 3.63) is 76.3 Å². The third kappa shape index (κ3) is 2.59. The Morgan fingerprint density at radius 3 is 2.59 bits per heavy atom. The molecule has 2 aliphatic rings. The molecule has 0 radical (unpaired) electrons. The van der Waals surface area contributed by atoms with Gasteiger partial charge < -0.3 is 0 Å². The summed E-state index contributed by atoms with van der Waals surface area (Å²) in [6.07, 6.45) is 0.673. The highest BCUT2D eigenvalue weighted by atomic mass is 35.5. The van der Waals surface area contributed by atoms with E-state index in [1.54, 1.807) is 6.07 Å². The third-order valence-corrected chi connectivity index (χ3v) is 5.85. The molecule has 2 saturated heterocycles. The van der Waals surface area contributed by atoms with Crippen LogP contribution in [0.3, 0.4) is 0 Å². The van der Waals surface area contributed by atoms with E-state index in [1.165, 1.54) is 0 Å². The molecule has 2 heterocycles. The van der Waals surface area contributed by atoms with Crippen molar-refractivity contribution in [3.8, 4) is 0 Å². The highest BCUT2D eigenvalue weighted by Crippen LogP contribution is 2.44. The summed E-state index contributed by atoms with van der Waals surface area (Å²) < 4.78 is 0. The second-order valence-electron chi connectivity index (χ2n) is 6.83. The first-order valence-electron chi connectivity index (χ1n) is 8.95. The van der Waals surface area contributed by atoms with Crippen molar-refractivity contribution < 1.29 is 4.79 Å². The first-order chi connectivity index (χ1) is 13.1. The normalized spacial score (nSPS) is 19.9. The lowest BCUT2D eigenvalue weighted by Gasteiger charge is -2.29. The van der Waals surface area contributed by atoms with E-state index in [0.717, 1.165) is 41.5 Å². The van der Waals surface area contributed by atoms with E-state index in [9.17, 15) is 4.79 Å². The molecular formula is C21H17Cl2N3O. The van der Waals surface area contributed by atoms with Crippen molar-refractivity contribution in [3.63, 3.8) is 0 Å². The molecule has 0 aromatic heterocycles. The van der Waals surface area contributed by atoms with Gasteiger partial charge >= 0.3 is 6.03 Å². The van der Waals surface area contributed by atoms with Gasteiger partial charge in [0.1, 0.15) is 6.17 Å². The summed E-state index contributed by atoms with van der Waals surface area (Å²) in [5.41, 5.74) is 1.77. The molecule has 0 spiro atoms. The Labute approximate surface area is 167 Å². The number of urea groups is 1. The molecule has 1 atom stereocenters. The monoisotopic (exact) mass is 397 g/mol. The van der Waals surface area contributed by atoms with Crippen molar-refractivity contribution in [1.29, 1.82) is 0 Å². The fraction of sp³-hybridized carbons (Fsp3) is 0.190. The van der Waals surface area contributed by atoms with Gasteiger partial charge in [-0.1, -0.05) is 65.7 Å². The molecule has 5 rings (SSSR count). The van der Waals surface area contributed by atoms with E-state index in [4.69, 9.17) is 23.2 Å². The summed E-state index contributed by atoms with van der Waals surface area (Å²) in [7, 11) is 0. The maximum Gasteiger partial charge on any atom is 0.340 e. The van der Waals surface area contributed by atoms with E-state index in [2.05, 4.69) is 23.2 Å². The molecule has 0 saturated carbocycles. The number of carbonyl (C=O) groups excluding carboxylic acids is 1. The number of benzene rings is 3. The average molecular weight is 398 g/mol. The zero-order valence-corrected chi connectivity index (χ0v) is 16.0. The lowest BCUT2D eigenvalue weighted by atomic mass is 10.1. The fourth-order valence-electron chi connectivity index (χ4n) is 4.12. The Balaban J connectivity index is 1.72. The van der Waals surface area contributed by atoms with Gasteiger partial charge in [-0.2, -0.15) is 5.01 Å². The lowest BCUT2D eigenvalue weighted by Crippen LogP contribution is -2.32. The van der Waals surface area contributed by atoms with Crippen molar-refractivity contribution in [2.45, 2.75) is 12.6 Å². The van der Waals surface area contributed by atoms with Gasteiger partial charge in [-0.15, -0.1) is 0 Å². The molecule has 3 aromatic carbocycles. The van der Waals surface area contributed by atoms with E-state index < -0.39 is 0 Å². The summed E-state index contributed by atoms with van der Waals surface area (Å²) in [5, 5.41) is 7.25. The molecule has 2 fully saturated rings. The molecule has 4 nitrogen and oxygen atoms in total. The highest BCUT2D eigenvalue weighted by Gasteiger charge is 2.48. The molecule has 0 bridgehead atoms. The van der Waals surface area contributed by atoms with E-state index in [-0.39, 0.29) is 12.2 Å². The second kappa shape index (κ2) is 6.41. The molecule has 2 amide bonds. The van der Waals surface area contributed by atoms with E-state index in [0.29, 0.717) is 10.0 Å². The molecular weight excluding hydrogens is 381 g/mol. The van der Waals surface area contributed by atoms with Gasteiger partial charge in [0.25, 0.3) is 0 Å². The Bertz CT molecular complexity index is 1050. The van der Waals surface area contributed by atoms with Crippen LogP contribution in [-0.4, -0.2) is 29.1 Å². The number of halogens is 2. The van der Waals surface area contributed by atoms with Crippen LogP contribution >= 0.6 is 23.2 Å². The maximum atomic E-state index is 13.3. The molecule has 6 heteroatoms. The van der Waals surface area contributed by atoms with Gasteiger partial charge in [0.05, 0.1) is 5.69 Å². The zero-order valence-electron chi connectivity index (χ0n) is 14.5. The van der Waals surface area contributed by atoms with Crippen LogP contribution in [0.1, 0.15) is 18.2 Å². The van der Waals surface area contributed by atoms with Crippen LogP contribution in [0.4, 0.5) is 10.5 Å². The number of hydrogen-bond acceptors (Lipinski definition) is 2. The summed E-state index contributed by atoms with van der Waals surface area (Å²) in [5.74, 6) is 0. The SMILES string of the molecule is O=C1N(c2cccc3ccccc23)C(c2ccc(Cl)cc2Cl)N2CCCN12. The number of hydrogen-bond donors (Lipinski definition) is 0. The largest absolute Gasteiger partial charge is 0.340 e. The van der Waals surface area contributed by atoms with Crippen LogP contribution in [0.25, 0.3) is 10.8 Å². The highest BCUT2D eigenvalue weighted by molar-refractivity contribution is 6.35. The van der Waals surface area contributed by atoms with Gasteiger partial charge in [-0.3, -0.25) is 9.91 Å². The van der Waals surface area contributed by atoms with Crippen molar-refractivity contribution in [2.75, 3.05) is 18.0 Å². The fourth-order valence-corrected chi connectivity index (χ4v) is 4.62. The lowest BCUT2D eigenvalue weighted by molar-refractivity contribution is 0.0728. The Morgan fingerprint density at radius 2 is 1.74 bits per heavy atom. The smallest absolute Gasteiger partial charge is 0.270 e. The van der Waals surface area contributed by atoms with Crippen molar-refractivity contribution in [2.24, 2.45) is 0 Å². The number of amides is 2. The van der Waals surface area contributed by atoms with Crippen molar-refractivity contribution >= 4 is 45.7 Å². The minimum Gasteiger partial charge on any atom is -0.270 e. The molecule has 2 aliphatic heterocycles. The Hall–Kier alpha value is -2.27. The van der Waals surface area contributed by atoms with Crippen LogP contribution in [0.2, 0.25) is 10.0 Å². The first kappa shape index (κ1) is 16.9. The van der Waals surface area contributed by atoms with Gasteiger partial charge in [0.15, 0.2) is 0 Å². The Morgan fingerprint density at radius 1 is 0.926 bits per heavy atom. The summed E-state index contributed by atoms with van der Waals surface area (Å²) in [6.45, 7) is 1.54. The summed E-state index contributed by atoms with van der Waals surface area (Å²) in [4.78, 5) is 15.2. The number of nitrogens with zero attached hydrogens (tertiary/aromatic N) is 3. The zero-order chi connectivity index (χ0) is 18.5. The van der Waals surface area contributed by atoms with Gasteiger partial charge in [0, 0.05) is 34.1 Å². The average Bonchev–Trinajstić information content (AvgIpc) is 3.24. The first-order valence-corrected chi connectivity index (χ1v) is 9.71. The third-order valence-electron chi connectivity index (χ3n) is 5.29. The van der Waals surface area contributed by atoms with E-state index in [1.807, 2.05) is 46.3 Å². The van der Waals surface area contributed by atoms with Gasteiger partial charge in [-0.05, 0) is 30.0 Å². The van der Waals surface area contributed by atoms with Crippen LogP contribution in [-0.2, 0) is 0 Å². The molecule has 3 aromatic rings. The van der Waals surface area contributed by atoms with E-state index >= 15 is 0 Å². The number of hydrazine groups is 1. The number of carbonyl (C=O) groups is 1. The molecule has 0 aliphatic carbocycles. The minimum atomic E-state index is -0.282. The standard InChI is InChI=1S/C21H17Cl2N3O/c22-15-9-10-17(18(23)13-15)20-24-11-4-12-25(24)21(27)26(20)19-8-3-6-14-5-1-2-7-16(14)19/h1-3,5-10,13,20H,4,11-12H2. The summed E-state index contributed by atoms with van der Waals surface area (Å²) in [6, 6.07) is 19.6. The quantitative estimate of drug-likeness (QED) is 0.553. The predicted molar refractivity (Wildman–Crippen MR) is 109 cm³/mol. The molecule has 27 heavy (non-hydrogen) atoms. The molecule has 136 valence electrons. The van der Waals surface area contributed by atoms with Crippen LogP contribution < -0.4 is 4.90 Å². The van der Waals surface area contributed by atoms with Crippen LogP contribution in [0.5, 0.6) is 0 Å². The molecule has 0 N–H and O–H groups in total. The van der Waals surface area contributed by atoms with Gasteiger partial charge in [0.2, 0.25) is 0 Å². The predicted octanol–water partition coefficient (Wildman–Crippen LogP) is 5.71. The van der Waals surface area contributed by atoms with Crippen LogP contribution in [0.15, 0.2) is 60.7 Å². The molecule has 1 unspecified atom stereocenters. The summed E-state index contributed by atoms with van der Waals surface area (Å²) >= 11 is 12.7. The maximum absolute atomic E-state index is 13.3. The number of rotatable bonds is 2. The van der Waals surface area contributed by atoms with Crippen LogP contribution in [0, 0.1) is 0 Å². The Kier molecular flexibility index (Phi) is 4.01. The number of fused-ring (bicyclic) bond motifs is 2. The number of anilines is 1. The minimum absolute atomic E-state index is 0.0140.